The summed E-state index contributed by atoms with van der Waals surface area (Å²) in [6.45, 7) is 0. The standard InChI is InChI=1S/C52H32N4.C45H27N5/c53-33-44-40-18-7-10-22-45(40)54-52(50(44)34-14-3-1-4-15-34)35-26-29-38(30-27-35)55-47-24-12-9-20-43(47)51-39(21-13-25-48(51)55)36-28-31-42-41-19-8-11-23-46(41)56(49(42)32-36)37-16-5-2-6-17-37;46-28-39-36-14-4-7-17-38(36)47-45(48-39)29-21-24-32(25-22-29)49-41-19-9-6-15-37(41)44-33(16-10-20-42(44)49)30-23-26-35-34-13-5-8-18-40(34)50(43(35)27-30)31-11-2-1-3-12-31/h1-32H;1-27H. The third-order valence-electron chi connectivity index (χ3n) is 21.0. The molecule has 106 heavy (non-hydrogen) atoms. The lowest BCUT2D eigenvalue weighted by atomic mass is 9.92. The summed E-state index contributed by atoms with van der Waals surface area (Å²) >= 11 is 0. The Hall–Kier alpha value is -14.8. The molecule has 0 saturated heterocycles. The number of hydrogen-bond donors (Lipinski definition) is 0. The lowest BCUT2D eigenvalue weighted by Crippen LogP contribution is -1.97. The molecule has 21 aromatic rings. The summed E-state index contributed by atoms with van der Waals surface area (Å²) in [6.07, 6.45) is 0. The molecule has 492 valence electrons. The van der Waals surface area contributed by atoms with Crippen LogP contribution < -0.4 is 0 Å². The molecule has 0 radical (unpaired) electrons. The number of pyridine rings is 1. The lowest BCUT2D eigenvalue weighted by Gasteiger charge is -2.15. The van der Waals surface area contributed by atoms with E-state index in [1.54, 1.807) is 0 Å². The molecule has 0 unspecified atom stereocenters. The number of hydrogen-bond acceptors (Lipinski definition) is 5. The van der Waals surface area contributed by atoms with Crippen molar-refractivity contribution in [2.24, 2.45) is 0 Å². The predicted octanol–water partition coefficient (Wildman–Crippen LogP) is 24.3. The van der Waals surface area contributed by atoms with Crippen LogP contribution in [0.4, 0.5) is 0 Å². The average molecular weight is 1350 g/mol. The number of nitrogens with zero attached hydrogens (tertiary/aromatic N) is 9. The maximum absolute atomic E-state index is 10.5. The first-order valence-electron chi connectivity index (χ1n) is 35.5. The van der Waals surface area contributed by atoms with Crippen molar-refractivity contribution < 1.29 is 0 Å². The van der Waals surface area contributed by atoms with Gasteiger partial charge in [-0.25, -0.2) is 15.0 Å². The number of para-hydroxylation sites is 8. The summed E-state index contributed by atoms with van der Waals surface area (Å²) < 4.78 is 9.45. The molecule has 0 atom stereocenters. The average Bonchev–Trinajstić information content (AvgIpc) is 1.56. The molecule has 9 nitrogen and oxygen atoms in total. The Morgan fingerprint density at radius 1 is 0.236 bits per heavy atom. The fourth-order valence-electron chi connectivity index (χ4n) is 16.3. The van der Waals surface area contributed by atoms with Crippen molar-refractivity contribution in [1.29, 1.82) is 10.5 Å². The van der Waals surface area contributed by atoms with E-state index in [2.05, 4.69) is 314 Å². The van der Waals surface area contributed by atoms with Crippen LogP contribution >= 0.6 is 0 Å². The molecular formula is C97H59N9. The zero-order valence-corrected chi connectivity index (χ0v) is 57.1. The van der Waals surface area contributed by atoms with Crippen molar-refractivity contribution in [1.82, 2.24) is 33.2 Å². The Bertz CT molecular complexity index is 7190. The van der Waals surface area contributed by atoms with Gasteiger partial charge in [-0.05, 0) is 155 Å². The van der Waals surface area contributed by atoms with Crippen LogP contribution in [0.15, 0.2) is 358 Å². The molecule has 0 aliphatic carbocycles. The summed E-state index contributed by atoms with van der Waals surface area (Å²) in [7, 11) is 0. The predicted molar refractivity (Wildman–Crippen MR) is 435 cm³/mol. The van der Waals surface area contributed by atoms with E-state index >= 15 is 0 Å². The van der Waals surface area contributed by atoms with E-state index in [0.29, 0.717) is 17.1 Å². The van der Waals surface area contributed by atoms with Gasteiger partial charge in [0.2, 0.25) is 0 Å². The van der Waals surface area contributed by atoms with Crippen LogP contribution in [-0.4, -0.2) is 33.2 Å². The Kier molecular flexibility index (Phi) is 14.5. The third kappa shape index (κ3) is 9.87. The van der Waals surface area contributed by atoms with Crippen molar-refractivity contribution >= 4 is 109 Å². The quantitative estimate of drug-likeness (QED) is 0.143. The monoisotopic (exact) mass is 1350 g/mol. The molecule has 0 spiro atoms. The van der Waals surface area contributed by atoms with Crippen molar-refractivity contribution in [3.63, 3.8) is 0 Å². The van der Waals surface area contributed by atoms with E-state index in [1.165, 1.54) is 87.4 Å². The van der Waals surface area contributed by atoms with Crippen LogP contribution in [-0.2, 0) is 0 Å². The van der Waals surface area contributed by atoms with Gasteiger partial charge in [-0.15, -0.1) is 0 Å². The second kappa shape index (κ2) is 25.1. The topological polar surface area (TPSA) is 106 Å². The van der Waals surface area contributed by atoms with Gasteiger partial charge in [0, 0.05) is 93.3 Å². The van der Waals surface area contributed by atoms with E-state index in [1.807, 2.05) is 78.9 Å². The van der Waals surface area contributed by atoms with E-state index in [0.717, 1.165) is 94.6 Å². The van der Waals surface area contributed by atoms with Crippen molar-refractivity contribution in [2.45, 2.75) is 0 Å². The second-order valence-electron chi connectivity index (χ2n) is 26.8. The van der Waals surface area contributed by atoms with Crippen LogP contribution in [0.3, 0.4) is 0 Å². The molecule has 0 saturated carbocycles. The highest BCUT2D eigenvalue weighted by molar-refractivity contribution is 6.19. The van der Waals surface area contributed by atoms with Gasteiger partial charge in [0.1, 0.15) is 12.1 Å². The molecule has 15 aromatic carbocycles. The number of rotatable bonds is 9. The van der Waals surface area contributed by atoms with Gasteiger partial charge >= 0.3 is 0 Å². The van der Waals surface area contributed by atoms with Crippen LogP contribution in [0.1, 0.15) is 11.3 Å². The van der Waals surface area contributed by atoms with Crippen LogP contribution in [0, 0.1) is 22.7 Å². The molecule has 21 rings (SSSR count). The molecule has 0 aliphatic heterocycles. The number of nitriles is 2. The van der Waals surface area contributed by atoms with Gasteiger partial charge < -0.3 is 18.3 Å². The number of aromatic nitrogens is 7. The Labute approximate surface area is 609 Å². The highest BCUT2D eigenvalue weighted by Crippen LogP contribution is 2.45. The molecule has 0 N–H and O–H groups in total. The minimum atomic E-state index is 0.381. The fourth-order valence-corrected chi connectivity index (χ4v) is 16.3. The fraction of sp³-hybridized carbons (Fsp3) is 0. The summed E-state index contributed by atoms with van der Waals surface area (Å²) in [6, 6.07) is 130. The molecule has 6 aromatic heterocycles. The smallest absolute Gasteiger partial charge is 0.161 e. The summed E-state index contributed by atoms with van der Waals surface area (Å²) in [4.78, 5) is 14.6. The van der Waals surface area contributed by atoms with E-state index in [4.69, 9.17) is 9.97 Å². The lowest BCUT2D eigenvalue weighted by molar-refractivity contribution is 1.17. The van der Waals surface area contributed by atoms with Gasteiger partial charge in [0.05, 0.1) is 66.4 Å². The van der Waals surface area contributed by atoms with Gasteiger partial charge in [-0.2, -0.15) is 10.5 Å². The number of fused-ring (bicyclic) bond motifs is 14. The minimum absolute atomic E-state index is 0.381. The first-order chi connectivity index (χ1) is 52.5. The van der Waals surface area contributed by atoms with Gasteiger partial charge in [-0.1, -0.05) is 231 Å². The Balaban J connectivity index is 0.000000141. The van der Waals surface area contributed by atoms with Crippen molar-refractivity contribution in [3.8, 4) is 90.9 Å². The largest absolute Gasteiger partial charge is 0.309 e. The molecule has 6 heterocycles. The minimum Gasteiger partial charge on any atom is -0.309 e. The van der Waals surface area contributed by atoms with Crippen LogP contribution in [0.25, 0.3) is 188 Å². The normalized spacial score (nSPS) is 11.6. The second-order valence-corrected chi connectivity index (χ2v) is 26.8. The molecule has 0 fully saturated rings. The molecule has 0 amide bonds. The number of benzene rings is 15. The van der Waals surface area contributed by atoms with Gasteiger partial charge in [0.25, 0.3) is 0 Å². The molecule has 0 aliphatic rings. The highest BCUT2D eigenvalue weighted by Gasteiger charge is 2.24. The van der Waals surface area contributed by atoms with Gasteiger partial charge in [-0.3, -0.25) is 0 Å². The SMILES string of the molecule is N#Cc1c(-c2ccccc2)c(-c2ccc(-n3c4ccccc4c4c(-c5ccc6c7ccccc7n(-c7ccccc7)c6c5)cccc43)cc2)nc2ccccc12.N#Cc1nc(-c2ccc(-n3c4ccccc4c4c(-c5ccc6c7ccccc7n(-c7ccccc7)c6c5)cccc43)cc2)nc2ccccc12. The Morgan fingerprint density at radius 3 is 1.09 bits per heavy atom. The van der Waals surface area contributed by atoms with Crippen molar-refractivity contribution in [2.75, 3.05) is 0 Å². The van der Waals surface area contributed by atoms with Crippen molar-refractivity contribution in [3.05, 3.63) is 369 Å². The first kappa shape index (κ1) is 61.1. The maximum atomic E-state index is 10.5. The molecule has 0 bridgehead atoms. The maximum Gasteiger partial charge on any atom is 0.161 e. The van der Waals surface area contributed by atoms with E-state index in [-0.39, 0.29) is 0 Å². The summed E-state index contributed by atoms with van der Waals surface area (Å²) in [5, 5.41) is 31.7. The highest BCUT2D eigenvalue weighted by atomic mass is 15.0. The first-order valence-corrected chi connectivity index (χ1v) is 35.5. The van der Waals surface area contributed by atoms with E-state index in [9.17, 15) is 10.5 Å². The van der Waals surface area contributed by atoms with Crippen LogP contribution in [0.2, 0.25) is 0 Å². The summed E-state index contributed by atoms with van der Waals surface area (Å²) in [5.41, 5.74) is 25.4. The summed E-state index contributed by atoms with van der Waals surface area (Å²) in [5.74, 6) is 0.541. The molecular weight excluding hydrogens is 1290 g/mol. The van der Waals surface area contributed by atoms with Crippen LogP contribution in [0.5, 0.6) is 0 Å². The Morgan fingerprint density at radius 2 is 0.604 bits per heavy atom. The van der Waals surface area contributed by atoms with E-state index < -0.39 is 0 Å². The zero-order valence-electron chi connectivity index (χ0n) is 57.1. The zero-order chi connectivity index (χ0) is 70.3. The third-order valence-corrected chi connectivity index (χ3v) is 21.0. The molecule has 9 heteroatoms. The van der Waals surface area contributed by atoms with Gasteiger partial charge in [0.15, 0.2) is 11.5 Å².